The second-order valence-corrected chi connectivity index (χ2v) is 24.0. The van der Waals surface area contributed by atoms with Crippen molar-refractivity contribution in [3.05, 3.63) is 282 Å². The van der Waals surface area contributed by atoms with Gasteiger partial charge in [0.15, 0.2) is 0 Å². The minimum Gasteiger partial charge on any atom is -0.456 e. The fourth-order valence-electron chi connectivity index (χ4n) is 15.2. The number of rotatable bonds is 8. The molecular formula is C80H59BN4O2. The summed E-state index contributed by atoms with van der Waals surface area (Å²) in [6.07, 6.45) is 0. The molecule has 0 fully saturated rings. The highest BCUT2D eigenvalue weighted by Crippen LogP contribution is 2.52. The molecule has 2 aliphatic heterocycles. The van der Waals surface area contributed by atoms with E-state index >= 15 is 0 Å². The van der Waals surface area contributed by atoms with Gasteiger partial charge in [-0.3, -0.25) is 0 Å². The Labute approximate surface area is 506 Å². The zero-order chi connectivity index (χ0) is 58.3. The van der Waals surface area contributed by atoms with Crippen LogP contribution < -0.4 is 36.0 Å². The highest BCUT2D eigenvalue weighted by atomic mass is 16.3. The van der Waals surface area contributed by atoms with E-state index in [1.807, 2.05) is 0 Å². The fraction of sp³-hybridized carbons (Fsp3) is 0.0750. The summed E-state index contributed by atoms with van der Waals surface area (Å²) in [6, 6.07) is 90.9. The SMILES string of the molecule is Cc1cc(C)c(N2c3cc4c(cc3B3c5cc6oc7cc(N(c8ccccc8)c8ccccc8)c8ccccc8c7c6cc5N(c5c(C)cc(C)cc5C)c5cccc2c53)oc2cc(N(c3ccccc3)c3ccccc3)c3ccccc3c24)c(C)c1. The third-order valence-corrected chi connectivity index (χ3v) is 18.4. The summed E-state index contributed by atoms with van der Waals surface area (Å²) in [5, 5.41) is 8.89. The van der Waals surface area contributed by atoms with E-state index in [4.69, 9.17) is 8.83 Å². The molecule has 15 aromatic rings. The topological polar surface area (TPSA) is 39.2 Å². The van der Waals surface area contributed by atoms with Crippen LogP contribution in [-0.2, 0) is 0 Å². The van der Waals surface area contributed by atoms with E-state index in [1.54, 1.807) is 0 Å². The van der Waals surface area contributed by atoms with Crippen LogP contribution in [0.15, 0.2) is 258 Å². The van der Waals surface area contributed by atoms with Crippen molar-refractivity contribution in [2.75, 3.05) is 19.6 Å². The molecule has 17 rings (SSSR count). The number of aryl methyl sites for hydroxylation is 6. The van der Waals surface area contributed by atoms with Crippen LogP contribution in [0.5, 0.6) is 0 Å². The van der Waals surface area contributed by atoms with Gasteiger partial charge in [-0.05, 0) is 176 Å². The van der Waals surface area contributed by atoms with E-state index in [-0.39, 0.29) is 6.71 Å². The number of nitrogens with zero attached hydrogens (tertiary/aromatic N) is 4. The van der Waals surface area contributed by atoms with E-state index in [2.05, 4.69) is 310 Å². The van der Waals surface area contributed by atoms with Gasteiger partial charge in [0.1, 0.15) is 22.3 Å². The van der Waals surface area contributed by atoms with Gasteiger partial charge in [0.2, 0.25) is 0 Å². The molecule has 0 saturated carbocycles. The summed E-state index contributed by atoms with van der Waals surface area (Å²) in [5.41, 5.74) is 27.6. The molecule has 0 bridgehead atoms. The summed E-state index contributed by atoms with van der Waals surface area (Å²) in [5.74, 6) is 0. The van der Waals surface area contributed by atoms with Crippen LogP contribution in [0.1, 0.15) is 33.4 Å². The average molecular weight is 1120 g/mol. The van der Waals surface area contributed by atoms with Crippen LogP contribution in [0.25, 0.3) is 65.4 Å². The molecule has 2 aromatic heterocycles. The third-order valence-electron chi connectivity index (χ3n) is 18.4. The molecule has 0 saturated heterocycles. The predicted molar refractivity (Wildman–Crippen MR) is 368 cm³/mol. The van der Waals surface area contributed by atoms with E-state index in [0.717, 1.165) is 122 Å². The van der Waals surface area contributed by atoms with Gasteiger partial charge in [0.05, 0.1) is 22.7 Å². The molecule has 0 unspecified atom stereocenters. The van der Waals surface area contributed by atoms with Gasteiger partial charge >= 0.3 is 0 Å². The average Bonchev–Trinajstić information content (AvgIpc) is 1.64. The first kappa shape index (κ1) is 50.7. The lowest BCUT2D eigenvalue weighted by Gasteiger charge is -2.45. The standard InChI is InChI=1S/C80H59BN4O2/c1-48-38-50(3)79(51(4)39-48)84-66-36-23-37-67-78(66)81(64-44-72-62(42-70(64)84)76-60-34-21-19-32-58(60)68(46-74(76)86-72)82(54-24-11-7-12-25-54)55-26-13-8-14-27-55)65-45-73-63(43-71(65)85(67)80-52(5)40-49(2)41-53(80)6)77-61-35-22-20-33-59(61)69(47-75(77)87-73)83(56-28-15-9-16-29-56)57-30-17-10-18-31-57/h7-47H,1-6H3. The van der Waals surface area contributed by atoms with Crippen LogP contribution in [0.2, 0.25) is 0 Å². The molecule has 7 heteroatoms. The molecule has 4 heterocycles. The summed E-state index contributed by atoms with van der Waals surface area (Å²) in [4.78, 5) is 9.87. The van der Waals surface area contributed by atoms with Gasteiger partial charge in [-0.15, -0.1) is 0 Å². The number of hydrogen-bond acceptors (Lipinski definition) is 6. The lowest BCUT2D eigenvalue weighted by atomic mass is 9.33. The molecular weight excluding hydrogens is 1060 g/mol. The highest BCUT2D eigenvalue weighted by molar-refractivity contribution is 7.00. The Hall–Kier alpha value is -10.8. The molecule has 6 nitrogen and oxygen atoms in total. The van der Waals surface area contributed by atoms with Crippen molar-refractivity contribution in [1.29, 1.82) is 0 Å². The van der Waals surface area contributed by atoms with Crippen molar-refractivity contribution in [2.45, 2.75) is 41.5 Å². The van der Waals surface area contributed by atoms with Gasteiger partial charge in [-0.2, -0.15) is 0 Å². The quantitative estimate of drug-likeness (QED) is 0.141. The maximum absolute atomic E-state index is 7.41. The lowest BCUT2D eigenvalue weighted by molar-refractivity contribution is 0.669. The second kappa shape index (κ2) is 19.4. The Morgan fingerprint density at radius 2 is 0.632 bits per heavy atom. The molecule has 87 heavy (non-hydrogen) atoms. The first-order valence-electron chi connectivity index (χ1n) is 30.2. The second-order valence-electron chi connectivity index (χ2n) is 24.0. The third kappa shape index (κ3) is 7.68. The lowest BCUT2D eigenvalue weighted by Crippen LogP contribution is -2.61. The van der Waals surface area contributed by atoms with Crippen molar-refractivity contribution < 1.29 is 8.83 Å². The fourth-order valence-corrected chi connectivity index (χ4v) is 15.2. The molecule has 414 valence electrons. The molecule has 2 aliphatic rings. The Kier molecular flexibility index (Phi) is 11.3. The van der Waals surface area contributed by atoms with Crippen LogP contribution in [0.4, 0.5) is 68.2 Å². The molecule has 0 N–H and O–H groups in total. The Morgan fingerprint density at radius 1 is 0.299 bits per heavy atom. The van der Waals surface area contributed by atoms with Crippen LogP contribution in [-0.4, -0.2) is 6.71 Å². The van der Waals surface area contributed by atoms with E-state index in [9.17, 15) is 0 Å². The Bertz CT molecular complexity index is 4870. The van der Waals surface area contributed by atoms with Crippen molar-refractivity contribution in [1.82, 2.24) is 0 Å². The van der Waals surface area contributed by atoms with Crippen LogP contribution in [0.3, 0.4) is 0 Å². The van der Waals surface area contributed by atoms with Crippen molar-refractivity contribution in [3.8, 4) is 0 Å². The van der Waals surface area contributed by atoms with Crippen molar-refractivity contribution >= 4 is 157 Å². The van der Waals surface area contributed by atoms with Crippen molar-refractivity contribution in [3.63, 3.8) is 0 Å². The number of para-hydroxylation sites is 4. The monoisotopic (exact) mass is 1120 g/mol. The summed E-state index contributed by atoms with van der Waals surface area (Å²) in [7, 11) is 0. The van der Waals surface area contributed by atoms with E-state index in [0.29, 0.717) is 0 Å². The van der Waals surface area contributed by atoms with E-state index < -0.39 is 0 Å². The Morgan fingerprint density at radius 3 is 0.989 bits per heavy atom. The number of anilines is 12. The molecule has 13 aromatic carbocycles. The highest BCUT2D eigenvalue weighted by Gasteiger charge is 2.45. The smallest absolute Gasteiger partial charge is 0.252 e. The van der Waals surface area contributed by atoms with Crippen LogP contribution in [0, 0.1) is 41.5 Å². The first-order chi connectivity index (χ1) is 42.6. The zero-order valence-electron chi connectivity index (χ0n) is 49.4. The molecule has 0 spiro atoms. The van der Waals surface area contributed by atoms with E-state index in [1.165, 1.54) is 61.1 Å². The van der Waals surface area contributed by atoms with Gasteiger partial charge in [0, 0.05) is 89.9 Å². The number of hydrogen-bond donors (Lipinski definition) is 0. The van der Waals surface area contributed by atoms with Crippen LogP contribution >= 0.6 is 0 Å². The van der Waals surface area contributed by atoms with Gasteiger partial charge < -0.3 is 28.4 Å². The number of furan rings is 2. The maximum Gasteiger partial charge on any atom is 0.252 e. The number of benzene rings is 13. The predicted octanol–water partition coefficient (Wildman–Crippen LogP) is 20.7. The molecule has 0 amide bonds. The molecule has 0 radical (unpaired) electrons. The van der Waals surface area contributed by atoms with Crippen molar-refractivity contribution in [2.24, 2.45) is 0 Å². The van der Waals surface area contributed by atoms with Gasteiger partial charge in [-0.25, -0.2) is 0 Å². The van der Waals surface area contributed by atoms with Gasteiger partial charge in [-0.1, -0.05) is 163 Å². The first-order valence-corrected chi connectivity index (χ1v) is 30.2. The zero-order valence-corrected chi connectivity index (χ0v) is 49.4. The summed E-state index contributed by atoms with van der Waals surface area (Å²) < 4.78 is 14.8. The maximum atomic E-state index is 7.41. The number of fused-ring (bicyclic) bond motifs is 14. The normalized spacial score (nSPS) is 12.6. The summed E-state index contributed by atoms with van der Waals surface area (Å²) >= 11 is 0. The minimum atomic E-state index is -0.223. The largest absolute Gasteiger partial charge is 0.456 e. The Balaban J connectivity index is 0.969. The summed E-state index contributed by atoms with van der Waals surface area (Å²) in [6.45, 7) is 13.3. The molecule has 0 atom stereocenters. The molecule has 0 aliphatic carbocycles. The van der Waals surface area contributed by atoms with Gasteiger partial charge in [0.25, 0.3) is 6.71 Å². The minimum absolute atomic E-state index is 0.223.